The minimum atomic E-state index is 0. The van der Waals surface area contributed by atoms with Gasteiger partial charge in [0, 0.05) is 0 Å². The number of rotatable bonds is 0. The zero-order chi connectivity index (χ0) is 0. The molecule has 0 aliphatic heterocycles. The van der Waals surface area contributed by atoms with Crippen LogP contribution in [0.15, 0.2) is 0 Å². The molecule has 0 aromatic carbocycles. The molecule has 0 radical (unpaired) electrons. The molecule has 0 spiro atoms. The van der Waals surface area contributed by atoms with Gasteiger partial charge < -0.3 is 27.4 Å². The Labute approximate surface area is 88.8 Å². The van der Waals surface area contributed by atoms with Crippen LogP contribution in [0.5, 0.6) is 0 Å². The maximum absolute atomic E-state index is 0. The second-order valence-electron chi connectivity index (χ2n) is 0. The first kappa shape index (κ1) is 233. The fourth-order valence-electron chi connectivity index (χ4n) is 0. The minimum Gasteiger partial charge on any atom is -2.00 e. The van der Waals surface area contributed by atoms with Crippen molar-refractivity contribution in [2.24, 2.45) is 0 Å². The molecule has 0 rings (SSSR count). The van der Waals surface area contributed by atoms with Gasteiger partial charge in [-0.2, -0.15) is 0 Å². The largest absolute Gasteiger partial charge is 4.00 e. The van der Waals surface area contributed by atoms with Gasteiger partial charge in [-0.05, 0) is 0 Å². The molecular weight excluding hydrogens is 350 g/mol. The monoisotopic (exact) mass is 354 g/mol. The normalized spacial score (nSPS) is 0. The van der Waals surface area contributed by atoms with Crippen LogP contribution in [0.25, 0.3) is 0 Å². The van der Waals surface area contributed by atoms with Crippen molar-refractivity contribution < 1.29 is 65.5 Å². The maximum atomic E-state index is 0. The standard InChI is InChI=1S/Fe.Mo.5O.Sn/q+2;+4;5*-2;+4. The van der Waals surface area contributed by atoms with Crippen molar-refractivity contribution in [3.8, 4) is 0 Å². The van der Waals surface area contributed by atoms with Gasteiger partial charge in [-0.3, -0.25) is 0 Å². The first-order valence-electron chi connectivity index (χ1n) is 0. The Balaban J connectivity index is 0. The van der Waals surface area contributed by atoms with Crippen LogP contribution in [-0.4, -0.2) is 23.9 Å². The van der Waals surface area contributed by atoms with E-state index in [9.17, 15) is 0 Å². The van der Waals surface area contributed by atoms with Crippen LogP contribution in [0.2, 0.25) is 0 Å². The van der Waals surface area contributed by atoms with Crippen molar-refractivity contribution in [1.82, 2.24) is 0 Å². The van der Waals surface area contributed by atoms with Gasteiger partial charge in [-0.25, -0.2) is 0 Å². The Morgan fingerprint density at radius 2 is 0.500 bits per heavy atom. The molecule has 0 saturated carbocycles. The summed E-state index contributed by atoms with van der Waals surface area (Å²) in [5.41, 5.74) is 0. The van der Waals surface area contributed by atoms with Crippen LogP contribution in [0.3, 0.4) is 0 Å². The van der Waals surface area contributed by atoms with E-state index in [0.29, 0.717) is 0 Å². The zero-order valence-electron chi connectivity index (χ0n) is 3.30. The van der Waals surface area contributed by atoms with Crippen molar-refractivity contribution in [2.75, 3.05) is 0 Å². The molecule has 0 aromatic heterocycles. The first-order chi connectivity index (χ1) is 0. The van der Waals surface area contributed by atoms with E-state index in [1.807, 2.05) is 0 Å². The second-order valence-corrected chi connectivity index (χ2v) is 0. The fraction of sp³-hybridized carbons (Fsp3) is 0. The summed E-state index contributed by atoms with van der Waals surface area (Å²) in [6.07, 6.45) is 0. The molecule has 0 aliphatic rings. The predicted molar refractivity (Wildman–Crippen MR) is 9.19 cm³/mol. The molecule has 0 atom stereocenters. The van der Waals surface area contributed by atoms with Crippen LogP contribution in [-0.2, 0) is 65.5 Å². The molecule has 5 nitrogen and oxygen atoms in total. The van der Waals surface area contributed by atoms with Gasteiger partial charge in [0.15, 0.2) is 0 Å². The molecule has 0 unspecified atom stereocenters. The first-order valence-corrected chi connectivity index (χ1v) is 0. The molecule has 48 valence electrons. The molecule has 0 bridgehead atoms. The zero-order valence-corrected chi connectivity index (χ0v) is 9.27. The molecule has 8 heavy (non-hydrogen) atoms. The van der Waals surface area contributed by atoms with Crippen molar-refractivity contribution >= 4 is 23.9 Å². The van der Waals surface area contributed by atoms with E-state index in [2.05, 4.69) is 0 Å². The van der Waals surface area contributed by atoms with Gasteiger partial charge in [-0.15, -0.1) is 0 Å². The number of hydrogen-bond acceptors (Lipinski definition) is 0. The minimum absolute atomic E-state index is 0. The van der Waals surface area contributed by atoms with Crippen LogP contribution < -0.4 is 0 Å². The van der Waals surface area contributed by atoms with Gasteiger partial charge >= 0.3 is 62.0 Å². The molecule has 0 saturated heterocycles. The molecule has 8 heteroatoms. The summed E-state index contributed by atoms with van der Waals surface area (Å²) in [5, 5.41) is 0. The smallest absolute Gasteiger partial charge is 2.00 e. The Hall–Kier alpha value is 1.81. The van der Waals surface area contributed by atoms with Crippen LogP contribution in [0.4, 0.5) is 0 Å². The Bertz CT molecular complexity index is 12.4. The van der Waals surface area contributed by atoms with E-state index in [4.69, 9.17) is 0 Å². The summed E-state index contributed by atoms with van der Waals surface area (Å²) in [6.45, 7) is 0. The number of hydrogen-bond donors (Lipinski definition) is 0. The third-order valence-corrected chi connectivity index (χ3v) is 0. The molecule has 0 fully saturated rings. The van der Waals surface area contributed by atoms with Gasteiger partial charge in [0.05, 0.1) is 0 Å². The summed E-state index contributed by atoms with van der Waals surface area (Å²) in [7, 11) is 0. The second kappa shape index (κ2) is 164. The molecule has 0 amide bonds. The van der Waals surface area contributed by atoms with E-state index < -0.39 is 0 Å². The van der Waals surface area contributed by atoms with Gasteiger partial charge in [0.25, 0.3) is 0 Å². The summed E-state index contributed by atoms with van der Waals surface area (Å²) >= 11 is 0. The SMILES string of the molecule is [Fe+2].[Mo+4].[O-2].[O-2].[O-2].[O-2].[O-2].[Sn+4]. The van der Waals surface area contributed by atoms with E-state index in [1.165, 1.54) is 0 Å². The van der Waals surface area contributed by atoms with Crippen molar-refractivity contribution in [2.45, 2.75) is 0 Å². The Kier molecular flexibility index (Phi) is 4790. The third kappa shape index (κ3) is 111. The topological polar surface area (TPSA) is 142 Å². The average Bonchev–Trinajstić information content (AvgIpc) is 0. The summed E-state index contributed by atoms with van der Waals surface area (Å²) in [6, 6.07) is 0. The summed E-state index contributed by atoms with van der Waals surface area (Å²) < 4.78 is 0. The van der Waals surface area contributed by atoms with Gasteiger partial charge in [0.1, 0.15) is 0 Å². The predicted octanol–water partition coefficient (Wildman–Crippen LogP) is -0.980. The Morgan fingerprint density at radius 1 is 0.500 bits per heavy atom. The quantitative estimate of drug-likeness (QED) is 0.495. The van der Waals surface area contributed by atoms with Gasteiger partial charge in [-0.1, -0.05) is 0 Å². The maximum Gasteiger partial charge on any atom is 4.00 e. The average molecular weight is 350 g/mol. The summed E-state index contributed by atoms with van der Waals surface area (Å²) in [5.74, 6) is 0. The molecule has 0 heterocycles. The fourth-order valence-corrected chi connectivity index (χ4v) is 0. The van der Waals surface area contributed by atoms with E-state index in [0.717, 1.165) is 0 Å². The molecule has 0 aromatic rings. The van der Waals surface area contributed by atoms with Crippen molar-refractivity contribution in [1.29, 1.82) is 0 Å². The molecule has 0 aliphatic carbocycles. The van der Waals surface area contributed by atoms with Crippen LogP contribution in [0.1, 0.15) is 0 Å². The van der Waals surface area contributed by atoms with Gasteiger partial charge in [0.2, 0.25) is 0 Å². The van der Waals surface area contributed by atoms with Crippen molar-refractivity contribution in [3.05, 3.63) is 0 Å². The van der Waals surface area contributed by atoms with Crippen LogP contribution in [0, 0.1) is 0 Å². The van der Waals surface area contributed by atoms with E-state index in [-0.39, 0.29) is 89.4 Å². The van der Waals surface area contributed by atoms with Crippen molar-refractivity contribution in [3.63, 3.8) is 0 Å². The van der Waals surface area contributed by atoms with E-state index >= 15 is 0 Å². The van der Waals surface area contributed by atoms with Crippen LogP contribution >= 0.6 is 0 Å². The third-order valence-electron chi connectivity index (χ3n) is 0. The Morgan fingerprint density at radius 3 is 0.500 bits per heavy atom. The molecule has 0 N–H and O–H groups in total. The summed E-state index contributed by atoms with van der Waals surface area (Å²) in [4.78, 5) is 0. The molecular formula is FeMoO5Sn. The van der Waals surface area contributed by atoms with E-state index in [1.54, 1.807) is 0 Å².